The van der Waals surface area contributed by atoms with E-state index >= 15 is 0 Å². The van der Waals surface area contributed by atoms with Crippen molar-refractivity contribution in [1.29, 1.82) is 0 Å². The first-order chi connectivity index (χ1) is 13.5. The van der Waals surface area contributed by atoms with Gasteiger partial charge in [-0.3, -0.25) is 0 Å². The summed E-state index contributed by atoms with van der Waals surface area (Å²) in [4.78, 5) is 21.0. The highest BCUT2D eigenvalue weighted by Crippen LogP contribution is 2.30. The molecule has 0 radical (unpaired) electrons. The number of amides is 2. The fraction of sp³-hybridized carbons (Fsp3) is 0.421. The molecule has 0 atom stereocenters. The largest absolute Gasteiger partial charge is 0.382 e. The zero-order valence-corrected chi connectivity index (χ0v) is 17.7. The molecule has 0 aliphatic heterocycles. The number of nitrogens with two attached hydrogens (primary N) is 1. The van der Waals surface area contributed by atoms with Crippen LogP contribution < -0.4 is 16.4 Å². The number of pyridine rings is 1. The fourth-order valence-corrected chi connectivity index (χ4v) is 3.41. The van der Waals surface area contributed by atoms with Crippen LogP contribution in [-0.4, -0.2) is 40.3 Å². The number of fused-ring (bicyclic) bond motifs is 3. The highest BCUT2D eigenvalue weighted by atomic mass is 79.9. The lowest BCUT2D eigenvalue weighted by atomic mass is 10.2. The van der Waals surface area contributed by atoms with E-state index in [2.05, 4.69) is 41.1 Å². The van der Waals surface area contributed by atoms with Crippen LogP contribution in [0.4, 0.5) is 10.6 Å². The number of carbonyl (C=O) groups is 1. The Morgan fingerprint density at radius 3 is 2.79 bits per heavy atom. The third kappa shape index (κ3) is 4.36. The van der Waals surface area contributed by atoms with E-state index in [0.29, 0.717) is 44.2 Å². The molecule has 2 heterocycles. The Hall–Kier alpha value is -2.39. The summed E-state index contributed by atoms with van der Waals surface area (Å²) in [7, 11) is 0. The van der Waals surface area contributed by atoms with Crippen molar-refractivity contribution in [2.75, 3.05) is 25.4 Å². The molecule has 2 aromatic heterocycles. The van der Waals surface area contributed by atoms with Crippen molar-refractivity contribution in [2.24, 2.45) is 0 Å². The van der Waals surface area contributed by atoms with Crippen LogP contribution in [0.15, 0.2) is 22.7 Å². The molecule has 0 spiro atoms. The molecule has 0 aliphatic carbocycles. The molecular weight excluding hydrogens is 424 g/mol. The van der Waals surface area contributed by atoms with Gasteiger partial charge in [0.15, 0.2) is 5.82 Å². The van der Waals surface area contributed by atoms with Gasteiger partial charge in [-0.2, -0.15) is 0 Å². The van der Waals surface area contributed by atoms with Gasteiger partial charge in [0.2, 0.25) is 0 Å². The number of hydrogen-bond donors (Lipinski definition) is 3. The molecule has 28 heavy (non-hydrogen) atoms. The minimum atomic E-state index is -0.174. The first kappa shape index (κ1) is 20.3. The van der Waals surface area contributed by atoms with Crippen molar-refractivity contribution in [3.8, 4) is 0 Å². The van der Waals surface area contributed by atoms with Crippen LogP contribution in [-0.2, 0) is 17.9 Å². The molecule has 2 amide bonds. The minimum Gasteiger partial charge on any atom is -0.382 e. The highest BCUT2D eigenvalue weighted by Gasteiger charge is 2.17. The number of benzene rings is 1. The number of nitrogens with zero attached hydrogens (tertiary/aromatic N) is 3. The average molecular weight is 449 g/mol. The zero-order chi connectivity index (χ0) is 20.1. The van der Waals surface area contributed by atoms with Gasteiger partial charge in [-0.25, -0.2) is 14.8 Å². The Kier molecular flexibility index (Phi) is 6.69. The SMILES string of the molecule is CCCNC(=O)NCCn1c(COCC)nc2c(N)nc3cc(Br)ccc3c21. The molecule has 1 aromatic carbocycles. The highest BCUT2D eigenvalue weighted by molar-refractivity contribution is 9.10. The number of urea groups is 1. The van der Waals surface area contributed by atoms with E-state index in [9.17, 15) is 4.79 Å². The van der Waals surface area contributed by atoms with Crippen LogP contribution in [0.25, 0.3) is 21.9 Å². The molecule has 3 rings (SSSR count). The van der Waals surface area contributed by atoms with Gasteiger partial charge < -0.3 is 25.7 Å². The predicted molar refractivity (Wildman–Crippen MR) is 114 cm³/mol. The normalized spacial score (nSPS) is 11.2. The van der Waals surface area contributed by atoms with Crippen molar-refractivity contribution in [1.82, 2.24) is 25.2 Å². The van der Waals surface area contributed by atoms with Crippen LogP contribution in [0.3, 0.4) is 0 Å². The van der Waals surface area contributed by atoms with Gasteiger partial charge in [0.1, 0.15) is 17.9 Å². The van der Waals surface area contributed by atoms with Crippen molar-refractivity contribution in [3.05, 3.63) is 28.5 Å². The Morgan fingerprint density at radius 2 is 2.04 bits per heavy atom. The van der Waals surface area contributed by atoms with Gasteiger partial charge in [0.05, 0.1) is 11.0 Å². The number of halogens is 1. The second kappa shape index (κ2) is 9.20. The Bertz CT molecular complexity index is 988. The maximum absolute atomic E-state index is 11.8. The topological polar surface area (TPSA) is 107 Å². The number of nitrogens with one attached hydrogen (secondary N) is 2. The lowest BCUT2D eigenvalue weighted by Gasteiger charge is -2.12. The number of aromatic nitrogens is 3. The monoisotopic (exact) mass is 448 g/mol. The van der Waals surface area contributed by atoms with Crippen LogP contribution in [0.1, 0.15) is 26.1 Å². The Balaban J connectivity index is 1.99. The first-order valence-electron chi connectivity index (χ1n) is 9.38. The third-order valence-electron chi connectivity index (χ3n) is 4.34. The number of anilines is 1. The van der Waals surface area contributed by atoms with E-state index in [0.717, 1.165) is 33.1 Å². The van der Waals surface area contributed by atoms with Crippen LogP contribution in [0, 0.1) is 0 Å². The number of ether oxygens (including phenoxy) is 1. The lowest BCUT2D eigenvalue weighted by Crippen LogP contribution is -2.37. The van der Waals surface area contributed by atoms with Crippen LogP contribution in [0.2, 0.25) is 0 Å². The van der Waals surface area contributed by atoms with Gasteiger partial charge in [0.25, 0.3) is 0 Å². The molecule has 0 bridgehead atoms. The van der Waals surface area contributed by atoms with Gasteiger partial charge in [-0.1, -0.05) is 22.9 Å². The van der Waals surface area contributed by atoms with Crippen LogP contribution in [0.5, 0.6) is 0 Å². The molecule has 8 nitrogen and oxygen atoms in total. The van der Waals surface area contributed by atoms with Gasteiger partial charge >= 0.3 is 6.03 Å². The number of rotatable bonds is 8. The zero-order valence-electron chi connectivity index (χ0n) is 16.1. The number of hydrogen-bond acceptors (Lipinski definition) is 5. The van der Waals surface area contributed by atoms with Gasteiger partial charge in [-0.05, 0) is 31.5 Å². The molecule has 0 saturated carbocycles. The van der Waals surface area contributed by atoms with Gasteiger partial charge in [0, 0.05) is 36.1 Å². The molecule has 0 saturated heterocycles. The van der Waals surface area contributed by atoms with Crippen molar-refractivity contribution in [3.63, 3.8) is 0 Å². The van der Waals surface area contributed by atoms with E-state index in [4.69, 9.17) is 10.5 Å². The smallest absolute Gasteiger partial charge is 0.314 e. The fourth-order valence-electron chi connectivity index (χ4n) is 3.06. The van der Waals surface area contributed by atoms with E-state index in [1.807, 2.05) is 32.0 Å². The van der Waals surface area contributed by atoms with E-state index < -0.39 is 0 Å². The summed E-state index contributed by atoms with van der Waals surface area (Å²) >= 11 is 3.48. The van der Waals surface area contributed by atoms with Crippen molar-refractivity contribution in [2.45, 2.75) is 33.4 Å². The molecular formula is C19H25BrN6O2. The molecule has 0 fully saturated rings. The number of imidazole rings is 1. The van der Waals surface area contributed by atoms with Crippen LogP contribution >= 0.6 is 15.9 Å². The first-order valence-corrected chi connectivity index (χ1v) is 10.2. The van der Waals surface area contributed by atoms with Crippen molar-refractivity contribution >= 4 is 49.7 Å². The maximum Gasteiger partial charge on any atom is 0.314 e. The standard InChI is InChI=1S/C19H25BrN6O2/c1-3-7-22-19(27)23-8-9-26-15(11-28-4-2)25-16-17(26)13-6-5-12(20)10-14(13)24-18(16)21/h5-6,10H,3-4,7-9,11H2,1-2H3,(H2,21,24)(H2,22,23,27). The summed E-state index contributed by atoms with van der Waals surface area (Å²) in [6, 6.07) is 5.72. The number of nitrogen functional groups attached to an aromatic ring is 1. The summed E-state index contributed by atoms with van der Waals surface area (Å²) in [5, 5.41) is 6.65. The molecule has 0 unspecified atom stereocenters. The van der Waals surface area contributed by atoms with Crippen molar-refractivity contribution < 1.29 is 9.53 Å². The molecule has 3 aromatic rings. The van der Waals surface area contributed by atoms with E-state index in [-0.39, 0.29) is 6.03 Å². The molecule has 150 valence electrons. The van der Waals surface area contributed by atoms with Gasteiger partial charge in [-0.15, -0.1) is 0 Å². The summed E-state index contributed by atoms with van der Waals surface area (Å²) < 4.78 is 8.58. The molecule has 9 heteroatoms. The maximum atomic E-state index is 11.8. The number of carbonyl (C=O) groups excluding carboxylic acids is 1. The second-order valence-corrected chi connectivity index (χ2v) is 7.27. The minimum absolute atomic E-state index is 0.174. The predicted octanol–water partition coefficient (Wildman–Crippen LogP) is 3.17. The third-order valence-corrected chi connectivity index (χ3v) is 4.83. The molecule has 4 N–H and O–H groups in total. The lowest BCUT2D eigenvalue weighted by molar-refractivity contribution is 0.126. The quantitative estimate of drug-likeness (QED) is 0.490. The molecule has 0 aliphatic rings. The summed E-state index contributed by atoms with van der Waals surface area (Å²) in [6.07, 6.45) is 0.895. The summed E-state index contributed by atoms with van der Waals surface area (Å²) in [6.45, 7) is 6.56. The Morgan fingerprint density at radius 1 is 1.25 bits per heavy atom. The van der Waals surface area contributed by atoms with E-state index in [1.165, 1.54) is 0 Å². The Labute approximate surface area is 172 Å². The second-order valence-electron chi connectivity index (χ2n) is 6.36. The summed E-state index contributed by atoms with van der Waals surface area (Å²) in [5.41, 5.74) is 8.54. The van der Waals surface area contributed by atoms with E-state index in [1.54, 1.807) is 0 Å². The average Bonchev–Trinajstić information content (AvgIpc) is 3.04. The summed E-state index contributed by atoms with van der Waals surface area (Å²) in [5.74, 6) is 1.14.